The van der Waals surface area contributed by atoms with Gasteiger partial charge in [0, 0.05) is 25.0 Å². The summed E-state index contributed by atoms with van der Waals surface area (Å²) in [4.78, 5) is 7.67. The molecule has 0 amide bonds. The van der Waals surface area contributed by atoms with Crippen LogP contribution >= 0.6 is 12.2 Å². The zero-order valence-corrected chi connectivity index (χ0v) is 12.0. The molecule has 3 heterocycles. The molecule has 0 bridgehead atoms. The van der Waals surface area contributed by atoms with Crippen LogP contribution < -0.4 is 0 Å². The third kappa shape index (κ3) is 2.08. The number of aromatic amines is 1. The zero-order chi connectivity index (χ0) is 13.6. The minimum Gasteiger partial charge on any atom is -0.329 e. The van der Waals surface area contributed by atoms with Gasteiger partial charge >= 0.3 is 0 Å². The van der Waals surface area contributed by atoms with Gasteiger partial charge in [0.25, 0.3) is 0 Å². The summed E-state index contributed by atoms with van der Waals surface area (Å²) in [6.45, 7) is 4.71. The maximum absolute atomic E-state index is 5.39. The van der Waals surface area contributed by atoms with E-state index in [2.05, 4.69) is 21.1 Å². The number of nitrogens with zero attached hydrogens (tertiary/aromatic N) is 4. The van der Waals surface area contributed by atoms with E-state index in [1.54, 1.807) is 0 Å². The van der Waals surface area contributed by atoms with Gasteiger partial charge in [-0.1, -0.05) is 0 Å². The smallest absolute Gasteiger partial charge is 0.179 e. The number of imidazole rings is 1. The van der Waals surface area contributed by atoms with Crippen LogP contribution in [0.15, 0.2) is 18.5 Å². The number of hydrogen-bond acceptors (Lipinski definition) is 3. The molecule has 0 spiro atoms. The van der Waals surface area contributed by atoms with Crippen LogP contribution in [-0.2, 0) is 13.6 Å². The molecule has 98 valence electrons. The number of aryl methyl sites for hydroxylation is 3. The van der Waals surface area contributed by atoms with E-state index in [1.807, 2.05) is 42.5 Å². The number of aromatic nitrogens is 5. The van der Waals surface area contributed by atoms with Gasteiger partial charge in [0.2, 0.25) is 0 Å². The second kappa shape index (κ2) is 4.31. The first-order chi connectivity index (χ1) is 9.04. The van der Waals surface area contributed by atoms with E-state index in [0.717, 1.165) is 28.0 Å². The van der Waals surface area contributed by atoms with E-state index in [9.17, 15) is 0 Å². The predicted octanol–water partition coefficient (Wildman–Crippen LogP) is 2.49. The minimum atomic E-state index is 0.689. The Morgan fingerprint density at radius 1 is 1.37 bits per heavy atom. The topological polar surface area (TPSA) is 51.4 Å². The van der Waals surface area contributed by atoms with E-state index in [-0.39, 0.29) is 0 Å². The number of nitrogens with one attached hydrogen (secondary N) is 1. The second-order valence-electron chi connectivity index (χ2n) is 4.81. The first-order valence-corrected chi connectivity index (χ1v) is 6.49. The minimum absolute atomic E-state index is 0.689. The summed E-state index contributed by atoms with van der Waals surface area (Å²) < 4.78 is 4.52. The van der Waals surface area contributed by atoms with E-state index in [1.165, 1.54) is 0 Å². The van der Waals surface area contributed by atoms with Crippen molar-refractivity contribution < 1.29 is 0 Å². The van der Waals surface area contributed by atoms with Gasteiger partial charge in [-0.2, -0.15) is 5.10 Å². The fraction of sp³-hybridized carbons (Fsp3) is 0.308. The second-order valence-corrected chi connectivity index (χ2v) is 5.20. The Labute approximate surface area is 115 Å². The maximum Gasteiger partial charge on any atom is 0.179 e. The van der Waals surface area contributed by atoms with Crippen LogP contribution in [0, 0.1) is 18.6 Å². The van der Waals surface area contributed by atoms with Crippen molar-refractivity contribution in [1.82, 2.24) is 24.3 Å². The average Bonchev–Trinajstić information content (AvgIpc) is 2.80. The molecular weight excluding hydrogens is 258 g/mol. The van der Waals surface area contributed by atoms with Crippen LogP contribution in [0.4, 0.5) is 0 Å². The van der Waals surface area contributed by atoms with Crippen molar-refractivity contribution in [1.29, 1.82) is 0 Å². The molecule has 0 radical (unpaired) electrons. The third-order valence-corrected chi connectivity index (χ3v) is 3.51. The van der Waals surface area contributed by atoms with Gasteiger partial charge in [-0.25, -0.2) is 4.98 Å². The van der Waals surface area contributed by atoms with Crippen molar-refractivity contribution in [2.24, 2.45) is 7.05 Å². The summed E-state index contributed by atoms with van der Waals surface area (Å²) in [5, 5.41) is 4.35. The molecule has 0 saturated carbocycles. The summed E-state index contributed by atoms with van der Waals surface area (Å²) in [6.07, 6.45) is 3.88. The highest BCUT2D eigenvalue weighted by Gasteiger charge is 2.09. The predicted molar refractivity (Wildman–Crippen MR) is 76.7 cm³/mol. The molecule has 3 aromatic rings. The molecule has 3 aromatic heterocycles. The SMILES string of the molecule is Cc1cnc2c(c1)[nH]c(=S)n2Cc1cn(C)nc1C. The summed E-state index contributed by atoms with van der Waals surface area (Å²) >= 11 is 5.39. The molecule has 0 atom stereocenters. The standard InChI is InChI=1S/C13H15N5S/c1-8-4-11-12(14-5-8)18(13(19)15-11)7-10-6-17(3)16-9(10)2/h4-6H,7H2,1-3H3,(H,15,19). The van der Waals surface area contributed by atoms with Gasteiger partial charge in [0.05, 0.1) is 17.8 Å². The van der Waals surface area contributed by atoms with E-state index in [0.29, 0.717) is 11.3 Å². The number of rotatable bonds is 2. The molecule has 0 aliphatic carbocycles. The van der Waals surface area contributed by atoms with Crippen molar-refractivity contribution in [3.05, 3.63) is 40.1 Å². The largest absolute Gasteiger partial charge is 0.329 e. The lowest BCUT2D eigenvalue weighted by Crippen LogP contribution is -2.01. The lowest BCUT2D eigenvalue weighted by molar-refractivity contribution is 0.755. The molecule has 5 nitrogen and oxygen atoms in total. The van der Waals surface area contributed by atoms with Gasteiger partial charge < -0.3 is 4.98 Å². The fourth-order valence-corrected chi connectivity index (χ4v) is 2.53. The highest BCUT2D eigenvalue weighted by atomic mass is 32.1. The monoisotopic (exact) mass is 273 g/mol. The Kier molecular flexibility index (Phi) is 2.74. The van der Waals surface area contributed by atoms with Crippen LogP contribution in [-0.4, -0.2) is 24.3 Å². The Morgan fingerprint density at radius 3 is 2.84 bits per heavy atom. The Hall–Kier alpha value is -1.95. The van der Waals surface area contributed by atoms with Gasteiger partial charge in [-0.3, -0.25) is 9.25 Å². The van der Waals surface area contributed by atoms with Crippen LogP contribution in [0.1, 0.15) is 16.8 Å². The Morgan fingerprint density at radius 2 is 2.16 bits per heavy atom. The Balaban J connectivity index is 2.13. The molecule has 0 saturated heterocycles. The first kappa shape index (κ1) is 12.1. The molecule has 0 aliphatic rings. The average molecular weight is 273 g/mol. The normalized spacial score (nSPS) is 11.3. The lowest BCUT2D eigenvalue weighted by atomic mass is 10.2. The summed E-state index contributed by atoms with van der Waals surface area (Å²) in [5.41, 5.74) is 5.16. The molecule has 1 N–H and O–H groups in total. The number of fused-ring (bicyclic) bond motifs is 1. The van der Waals surface area contributed by atoms with Crippen molar-refractivity contribution in [2.45, 2.75) is 20.4 Å². The first-order valence-electron chi connectivity index (χ1n) is 6.09. The maximum atomic E-state index is 5.39. The molecule has 19 heavy (non-hydrogen) atoms. The van der Waals surface area contributed by atoms with E-state index >= 15 is 0 Å². The van der Waals surface area contributed by atoms with Crippen molar-refractivity contribution in [3.8, 4) is 0 Å². The summed E-state index contributed by atoms with van der Waals surface area (Å²) in [7, 11) is 1.92. The van der Waals surface area contributed by atoms with E-state index < -0.39 is 0 Å². The summed E-state index contributed by atoms with van der Waals surface area (Å²) in [6, 6.07) is 2.06. The molecule has 6 heteroatoms. The lowest BCUT2D eigenvalue weighted by Gasteiger charge is -2.02. The van der Waals surface area contributed by atoms with Crippen molar-refractivity contribution in [3.63, 3.8) is 0 Å². The Bertz CT molecular complexity index is 808. The molecule has 0 aromatic carbocycles. The number of hydrogen-bond donors (Lipinski definition) is 1. The van der Waals surface area contributed by atoms with Crippen molar-refractivity contribution >= 4 is 23.4 Å². The van der Waals surface area contributed by atoms with Crippen molar-refractivity contribution in [2.75, 3.05) is 0 Å². The van der Waals surface area contributed by atoms with Gasteiger partial charge in [-0.05, 0) is 37.7 Å². The number of pyridine rings is 1. The number of H-pyrrole nitrogens is 1. The molecule has 3 rings (SSSR count). The van der Waals surface area contributed by atoms with Crippen LogP contribution in [0.25, 0.3) is 11.2 Å². The quantitative estimate of drug-likeness (QED) is 0.730. The molecule has 0 fully saturated rings. The van der Waals surface area contributed by atoms with Crippen LogP contribution in [0.5, 0.6) is 0 Å². The molecular formula is C13H15N5S. The van der Waals surface area contributed by atoms with Gasteiger partial charge in [0.1, 0.15) is 0 Å². The van der Waals surface area contributed by atoms with Crippen LogP contribution in [0.2, 0.25) is 0 Å². The third-order valence-electron chi connectivity index (χ3n) is 3.19. The highest BCUT2D eigenvalue weighted by molar-refractivity contribution is 7.71. The van der Waals surface area contributed by atoms with Gasteiger partial charge in [0.15, 0.2) is 10.4 Å². The zero-order valence-electron chi connectivity index (χ0n) is 11.1. The summed E-state index contributed by atoms with van der Waals surface area (Å²) in [5.74, 6) is 0. The molecule has 0 aliphatic heterocycles. The van der Waals surface area contributed by atoms with Gasteiger partial charge in [-0.15, -0.1) is 0 Å². The highest BCUT2D eigenvalue weighted by Crippen LogP contribution is 2.16. The van der Waals surface area contributed by atoms with E-state index in [4.69, 9.17) is 12.2 Å². The fourth-order valence-electron chi connectivity index (χ4n) is 2.27. The van der Waals surface area contributed by atoms with Crippen LogP contribution in [0.3, 0.4) is 0 Å². The molecule has 0 unspecified atom stereocenters.